The molecule has 3 aromatic rings. The lowest BCUT2D eigenvalue weighted by Gasteiger charge is -2.33. The van der Waals surface area contributed by atoms with Crippen molar-refractivity contribution in [1.29, 1.82) is 0 Å². The van der Waals surface area contributed by atoms with Crippen molar-refractivity contribution in [3.63, 3.8) is 0 Å². The highest BCUT2D eigenvalue weighted by Gasteiger charge is 2.21. The number of fused-ring (bicyclic) bond motifs is 1. The Morgan fingerprint density at radius 2 is 1.84 bits per heavy atom. The summed E-state index contributed by atoms with van der Waals surface area (Å²) in [6.45, 7) is 8.57. The van der Waals surface area contributed by atoms with Crippen LogP contribution in [-0.4, -0.2) is 25.1 Å². The van der Waals surface area contributed by atoms with Gasteiger partial charge in [0.15, 0.2) is 6.10 Å². The molecule has 32 heavy (non-hydrogen) atoms. The predicted octanol–water partition coefficient (Wildman–Crippen LogP) is 6.11. The fourth-order valence-electron chi connectivity index (χ4n) is 4.51. The highest BCUT2D eigenvalue weighted by Crippen LogP contribution is 2.25. The van der Waals surface area contributed by atoms with Gasteiger partial charge in [0.05, 0.1) is 6.04 Å². The SMILES string of the molecule is CCC(Oc1ccc2ccccc2c1)C(=O)NC(C)c1ccc(N2CCCC(C)C2)cc1. The molecule has 1 aliphatic rings. The summed E-state index contributed by atoms with van der Waals surface area (Å²) in [6.07, 6.45) is 2.66. The normalized spacial score (nSPS) is 18.2. The molecular formula is C28H34N2O2. The van der Waals surface area contributed by atoms with Crippen LogP contribution in [0, 0.1) is 5.92 Å². The molecule has 4 nitrogen and oxygen atoms in total. The van der Waals surface area contributed by atoms with E-state index < -0.39 is 6.10 Å². The number of anilines is 1. The molecule has 4 heteroatoms. The number of carbonyl (C=O) groups is 1. The van der Waals surface area contributed by atoms with E-state index in [9.17, 15) is 4.79 Å². The van der Waals surface area contributed by atoms with Crippen molar-refractivity contribution in [2.45, 2.75) is 52.2 Å². The van der Waals surface area contributed by atoms with Crippen LogP contribution in [0.3, 0.4) is 0 Å². The Morgan fingerprint density at radius 3 is 2.56 bits per heavy atom. The molecule has 3 atom stereocenters. The van der Waals surface area contributed by atoms with Crippen molar-refractivity contribution in [3.05, 3.63) is 72.3 Å². The van der Waals surface area contributed by atoms with Gasteiger partial charge in [-0.1, -0.05) is 56.3 Å². The number of nitrogens with zero attached hydrogens (tertiary/aromatic N) is 1. The second kappa shape index (κ2) is 10.1. The summed E-state index contributed by atoms with van der Waals surface area (Å²) in [5.74, 6) is 1.38. The largest absolute Gasteiger partial charge is 0.481 e. The van der Waals surface area contributed by atoms with Crippen LogP contribution in [0.25, 0.3) is 10.8 Å². The molecule has 3 aromatic carbocycles. The molecule has 1 aliphatic heterocycles. The molecule has 1 amide bonds. The van der Waals surface area contributed by atoms with E-state index in [1.54, 1.807) is 0 Å². The van der Waals surface area contributed by atoms with Gasteiger partial charge >= 0.3 is 0 Å². The quantitative estimate of drug-likeness (QED) is 0.492. The maximum Gasteiger partial charge on any atom is 0.261 e. The highest BCUT2D eigenvalue weighted by atomic mass is 16.5. The van der Waals surface area contributed by atoms with Crippen molar-refractivity contribution in [3.8, 4) is 5.75 Å². The number of hydrogen-bond donors (Lipinski definition) is 1. The van der Waals surface area contributed by atoms with Gasteiger partial charge < -0.3 is 15.0 Å². The van der Waals surface area contributed by atoms with E-state index in [0.29, 0.717) is 6.42 Å². The second-order valence-electron chi connectivity index (χ2n) is 9.04. The van der Waals surface area contributed by atoms with Gasteiger partial charge in [-0.2, -0.15) is 0 Å². The van der Waals surface area contributed by atoms with Crippen LogP contribution in [0.5, 0.6) is 5.75 Å². The maximum absolute atomic E-state index is 12.9. The van der Waals surface area contributed by atoms with Crippen molar-refractivity contribution < 1.29 is 9.53 Å². The lowest BCUT2D eigenvalue weighted by atomic mass is 9.99. The molecule has 0 aliphatic carbocycles. The summed E-state index contributed by atoms with van der Waals surface area (Å²) < 4.78 is 6.06. The minimum Gasteiger partial charge on any atom is -0.481 e. The molecule has 1 heterocycles. The topological polar surface area (TPSA) is 41.6 Å². The first-order valence-electron chi connectivity index (χ1n) is 11.8. The number of piperidine rings is 1. The molecule has 1 N–H and O–H groups in total. The summed E-state index contributed by atoms with van der Waals surface area (Å²) in [4.78, 5) is 15.4. The van der Waals surface area contributed by atoms with E-state index in [-0.39, 0.29) is 11.9 Å². The van der Waals surface area contributed by atoms with Gasteiger partial charge in [0, 0.05) is 18.8 Å². The minimum atomic E-state index is -0.521. The zero-order valence-electron chi connectivity index (χ0n) is 19.4. The maximum atomic E-state index is 12.9. The molecule has 3 unspecified atom stereocenters. The number of carbonyl (C=O) groups excluding carboxylic acids is 1. The van der Waals surface area contributed by atoms with E-state index in [0.717, 1.165) is 41.1 Å². The summed E-state index contributed by atoms with van der Waals surface area (Å²) in [5, 5.41) is 5.40. The standard InChI is InChI=1S/C28H34N2O2/c1-4-27(32-26-16-13-23-9-5-6-10-24(23)18-26)28(31)29-21(3)22-11-14-25(15-12-22)30-17-7-8-20(2)19-30/h5-6,9-16,18,20-21,27H,4,7-8,17,19H2,1-3H3,(H,29,31). The molecular weight excluding hydrogens is 396 g/mol. The molecule has 168 valence electrons. The third kappa shape index (κ3) is 5.24. The zero-order valence-corrected chi connectivity index (χ0v) is 19.4. The van der Waals surface area contributed by atoms with Gasteiger partial charge in [0.25, 0.3) is 5.91 Å². The Balaban J connectivity index is 1.37. The van der Waals surface area contributed by atoms with E-state index in [1.165, 1.54) is 18.5 Å². The van der Waals surface area contributed by atoms with Crippen molar-refractivity contribution in [2.24, 2.45) is 5.92 Å². The third-order valence-electron chi connectivity index (χ3n) is 6.44. The van der Waals surface area contributed by atoms with Crippen LogP contribution >= 0.6 is 0 Å². The van der Waals surface area contributed by atoms with Gasteiger partial charge in [-0.25, -0.2) is 0 Å². The predicted molar refractivity (Wildman–Crippen MR) is 132 cm³/mol. The molecule has 1 fully saturated rings. The van der Waals surface area contributed by atoms with Gasteiger partial charge in [-0.15, -0.1) is 0 Å². The molecule has 0 bridgehead atoms. The molecule has 0 saturated carbocycles. The van der Waals surface area contributed by atoms with Gasteiger partial charge in [-0.3, -0.25) is 4.79 Å². The van der Waals surface area contributed by atoms with E-state index in [1.807, 2.05) is 44.2 Å². The number of ether oxygens (including phenoxy) is 1. The van der Waals surface area contributed by atoms with Crippen molar-refractivity contribution >= 4 is 22.4 Å². The fourth-order valence-corrected chi connectivity index (χ4v) is 4.51. The van der Waals surface area contributed by atoms with Crippen molar-refractivity contribution in [1.82, 2.24) is 5.32 Å². The molecule has 1 saturated heterocycles. The Bertz CT molecular complexity index is 1050. The number of amides is 1. The Hall–Kier alpha value is -3.01. The lowest BCUT2D eigenvalue weighted by molar-refractivity contribution is -0.128. The average molecular weight is 431 g/mol. The monoisotopic (exact) mass is 430 g/mol. The van der Waals surface area contributed by atoms with Gasteiger partial charge in [0.2, 0.25) is 0 Å². The van der Waals surface area contributed by atoms with Crippen LogP contribution in [-0.2, 0) is 4.79 Å². The summed E-state index contributed by atoms with van der Waals surface area (Å²) in [6, 6.07) is 22.7. The summed E-state index contributed by atoms with van der Waals surface area (Å²) in [7, 11) is 0. The zero-order chi connectivity index (χ0) is 22.5. The lowest BCUT2D eigenvalue weighted by Crippen LogP contribution is -2.39. The first-order chi connectivity index (χ1) is 15.5. The fraction of sp³-hybridized carbons (Fsp3) is 0.393. The average Bonchev–Trinajstić information content (AvgIpc) is 2.82. The Morgan fingerprint density at radius 1 is 1.09 bits per heavy atom. The van der Waals surface area contributed by atoms with E-state index in [2.05, 4.69) is 53.5 Å². The van der Waals surface area contributed by atoms with Gasteiger partial charge in [-0.05, 0) is 72.7 Å². The summed E-state index contributed by atoms with van der Waals surface area (Å²) >= 11 is 0. The second-order valence-corrected chi connectivity index (χ2v) is 9.04. The number of nitrogens with one attached hydrogen (secondary N) is 1. The van der Waals surface area contributed by atoms with Crippen LogP contribution in [0.2, 0.25) is 0 Å². The smallest absolute Gasteiger partial charge is 0.261 e. The minimum absolute atomic E-state index is 0.0777. The van der Waals surface area contributed by atoms with Crippen LogP contribution < -0.4 is 15.0 Å². The number of rotatable bonds is 7. The number of benzene rings is 3. The molecule has 0 radical (unpaired) electrons. The highest BCUT2D eigenvalue weighted by molar-refractivity contribution is 5.84. The first kappa shape index (κ1) is 22.2. The molecule has 0 spiro atoms. The molecule has 4 rings (SSSR count). The van der Waals surface area contributed by atoms with Crippen LogP contribution in [0.15, 0.2) is 66.7 Å². The summed E-state index contributed by atoms with van der Waals surface area (Å²) in [5.41, 5.74) is 2.37. The van der Waals surface area contributed by atoms with E-state index in [4.69, 9.17) is 4.74 Å². The van der Waals surface area contributed by atoms with E-state index >= 15 is 0 Å². The van der Waals surface area contributed by atoms with Crippen LogP contribution in [0.1, 0.15) is 51.6 Å². The molecule has 0 aromatic heterocycles. The number of hydrogen-bond acceptors (Lipinski definition) is 3. The van der Waals surface area contributed by atoms with Crippen LogP contribution in [0.4, 0.5) is 5.69 Å². The first-order valence-corrected chi connectivity index (χ1v) is 11.8. The van der Waals surface area contributed by atoms with Crippen molar-refractivity contribution in [2.75, 3.05) is 18.0 Å². The Kier molecular flexibility index (Phi) is 6.99. The third-order valence-corrected chi connectivity index (χ3v) is 6.44. The van der Waals surface area contributed by atoms with Gasteiger partial charge in [0.1, 0.15) is 5.75 Å². The Labute approximate surface area is 191 Å².